The Morgan fingerprint density at radius 1 is 1.14 bits per heavy atom. The van der Waals surface area contributed by atoms with Crippen LogP contribution in [0.4, 0.5) is 10.7 Å². The van der Waals surface area contributed by atoms with Gasteiger partial charge in [-0.25, -0.2) is 0 Å². The summed E-state index contributed by atoms with van der Waals surface area (Å²) in [4.78, 5) is 27.4. The van der Waals surface area contributed by atoms with Crippen LogP contribution in [0.2, 0.25) is 0 Å². The summed E-state index contributed by atoms with van der Waals surface area (Å²) in [5.74, 6) is 0.479. The van der Waals surface area contributed by atoms with Gasteiger partial charge in [-0.1, -0.05) is 44.5 Å². The van der Waals surface area contributed by atoms with Crippen molar-refractivity contribution < 1.29 is 9.59 Å². The molecule has 1 aliphatic rings. The van der Waals surface area contributed by atoms with Gasteiger partial charge in [0.2, 0.25) is 5.91 Å². The molecule has 1 aliphatic carbocycles. The van der Waals surface area contributed by atoms with Crippen LogP contribution in [0.15, 0.2) is 53.4 Å². The van der Waals surface area contributed by atoms with Crippen molar-refractivity contribution in [3.05, 3.63) is 75.7 Å². The number of hydrogen-bond donors (Lipinski definition) is 2. The second-order valence-electron chi connectivity index (χ2n) is 10.3. The number of amides is 2. The van der Waals surface area contributed by atoms with Gasteiger partial charge >= 0.3 is 0 Å². The SMILES string of the molecule is Cc1ccc(C(=O)Nc2cccc(SCC(=O)Nc3sc4c(c3C#N)CCC(C(C)(C)C)C4)c2)cc1. The number of carbonyl (C=O) groups is 2. The molecule has 2 amide bonds. The maximum atomic E-state index is 12.8. The normalized spacial score (nSPS) is 15.0. The maximum Gasteiger partial charge on any atom is 0.255 e. The molecular formula is C29H31N3O2S2. The van der Waals surface area contributed by atoms with Gasteiger partial charge in [-0.15, -0.1) is 23.1 Å². The first-order valence-corrected chi connectivity index (χ1v) is 13.9. The highest BCUT2D eigenvalue weighted by molar-refractivity contribution is 8.00. The van der Waals surface area contributed by atoms with Crippen LogP contribution in [-0.2, 0) is 17.6 Å². The van der Waals surface area contributed by atoms with E-state index in [2.05, 4.69) is 37.5 Å². The van der Waals surface area contributed by atoms with Crippen molar-refractivity contribution in [2.24, 2.45) is 11.3 Å². The van der Waals surface area contributed by atoms with Crippen LogP contribution >= 0.6 is 23.1 Å². The van der Waals surface area contributed by atoms with E-state index in [-0.39, 0.29) is 23.0 Å². The number of nitrogens with one attached hydrogen (secondary N) is 2. The van der Waals surface area contributed by atoms with Crippen LogP contribution < -0.4 is 10.6 Å². The predicted molar refractivity (Wildman–Crippen MR) is 149 cm³/mol. The molecule has 1 unspecified atom stereocenters. The van der Waals surface area contributed by atoms with Gasteiger partial charge in [-0.2, -0.15) is 5.26 Å². The minimum atomic E-state index is -0.172. The van der Waals surface area contributed by atoms with Gasteiger partial charge in [0.15, 0.2) is 0 Å². The van der Waals surface area contributed by atoms with E-state index in [4.69, 9.17) is 0 Å². The molecule has 0 radical (unpaired) electrons. The zero-order valence-electron chi connectivity index (χ0n) is 21.1. The smallest absolute Gasteiger partial charge is 0.255 e. The second-order valence-corrected chi connectivity index (χ2v) is 12.5. The fourth-order valence-electron chi connectivity index (χ4n) is 4.41. The number of thiophene rings is 1. The van der Waals surface area contributed by atoms with E-state index in [1.54, 1.807) is 23.5 Å². The van der Waals surface area contributed by atoms with Gasteiger partial charge in [-0.05, 0) is 73.4 Å². The number of aryl methyl sites for hydroxylation is 1. The Morgan fingerprint density at radius 3 is 2.58 bits per heavy atom. The number of thioether (sulfide) groups is 1. The standard InChI is InChI=1S/C29H31N3O2S2/c1-18-8-10-19(11-9-18)27(34)31-21-6-5-7-22(15-21)35-17-26(33)32-28-24(16-30)23-13-12-20(29(2,3)4)14-25(23)36-28/h5-11,15,20H,12-14,17H2,1-4H3,(H,31,34)(H,32,33). The number of nitrogens with zero attached hydrogens (tertiary/aromatic N) is 1. The van der Waals surface area contributed by atoms with Crippen LogP contribution in [0.5, 0.6) is 0 Å². The molecule has 0 fully saturated rings. The van der Waals surface area contributed by atoms with Gasteiger partial charge in [0.1, 0.15) is 11.1 Å². The lowest BCUT2D eigenvalue weighted by Crippen LogP contribution is -2.26. The number of nitriles is 1. The van der Waals surface area contributed by atoms with Crippen LogP contribution in [0.25, 0.3) is 0 Å². The molecule has 186 valence electrons. The summed E-state index contributed by atoms with van der Waals surface area (Å²) in [7, 11) is 0. The molecule has 2 aromatic carbocycles. The first kappa shape index (κ1) is 26.0. The van der Waals surface area contributed by atoms with E-state index >= 15 is 0 Å². The van der Waals surface area contributed by atoms with Crippen molar-refractivity contribution in [3.63, 3.8) is 0 Å². The summed E-state index contributed by atoms with van der Waals surface area (Å²) in [5.41, 5.74) is 4.34. The number of benzene rings is 2. The van der Waals surface area contributed by atoms with Crippen molar-refractivity contribution in [1.82, 2.24) is 0 Å². The molecule has 7 heteroatoms. The fraction of sp³-hybridized carbons (Fsp3) is 0.345. The molecule has 1 aromatic heterocycles. The summed E-state index contributed by atoms with van der Waals surface area (Å²) >= 11 is 2.95. The summed E-state index contributed by atoms with van der Waals surface area (Å²) in [6.45, 7) is 8.79. The molecule has 0 saturated heterocycles. The molecule has 0 spiro atoms. The molecule has 0 aliphatic heterocycles. The van der Waals surface area contributed by atoms with E-state index in [0.29, 0.717) is 27.7 Å². The number of rotatable bonds is 6. The number of carbonyl (C=O) groups excluding carboxylic acids is 2. The van der Waals surface area contributed by atoms with Crippen LogP contribution in [0, 0.1) is 29.6 Å². The van der Waals surface area contributed by atoms with Gasteiger partial charge in [-0.3, -0.25) is 9.59 Å². The molecular weight excluding hydrogens is 486 g/mol. The third-order valence-electron chi connectivity index (χ3n) is 6.63. The highest BCUT2D eigenvalue weighted by Gasteiger charge is 2.32. The van der Waals surface area contributed by atoms with E-state index < -0.39 is 0 Å². The van der Waals surface area contributed by atoms with Crippen LogP contribution in [0.1, 0.15) is 59.1 Å². The molecule has 0 saturated carbocycles. The van der Waals surface area contributed by atoms with Crippen LogP contribution in [-0.4, -0.2) is 17.6 Å². The van der Waals surface area contributed by atoms with Gasteiger partial charge in [0.05, 0.1) is 11.3 Å². The molecule has 1 atom stereocenters. The topological polar surface area (TPSA) is 82.0 Å². The van der Waals surface area contributed by atoms with E-state index in [9.17, 15) is 14.9 Å². The number of fused-ring (bicyclic) bond motifs is 1. The van der Waals surface area contributed by atoms with Gasteiger partial charge < -0.3 is 10.6 Å². The average Bonchev–Trinajstić information content (AvgIpc) is 3.19. The minimum absolute atomic E-state index is 0.142. The van der Waals surface area contributed by atoms with Crippen molar-refractivity contribution in [3.8, 4) is 6.07 Å². The largest absolute Gasteiger partial charge is 0.322 e. The first-order valence-electron chi connectivity index (χ1n) is 12.1. The lowest BCUT2D eigenvalue weighted by Gasteiger charge is -2.33. The summed E-state index contributed by atoms with van der Waals surface area (Å²) in [6.07, 6.45) is 2.92. The third kappa shape index (κ3) is 6.18. The molecule has 2 N–H and O–H groups in total. The number of hydrogen-bond acceptors (Lipinski definition) is 5. The van der Waals surface area contributed by atoms with Crippen molar-refractivity contribution in [1.29, 1.82) is 5.26 Å². The Balaban J connectivity index is 1.37. The quantitative estimate of drug-likeness (QED) is 0.343. The molecule has 36 heavy (non-hydrogen) atoms. The third-order valence-corrected chi connectivity index (χ3v) is 8.79. The zero-order chi connectivity index (χ0) is 25.9. The van der Waals surface area contributed by atoms with Crippen molar-refractivity contribution >= 4 is 45.6 Å². The molecule has 0 bridgehead atoms. The Bertz CT molecular complexity index is 1310. The highest BCUT2D eigenvalue weighted by Crippen LogP contribution is 2.44. The van der Waals surface area contributed by atoms with Gasteiger partial charge in [0.25, 0.3) is 5.91 Å². The molecule has 1 heterocycles. The first-order chi connectivity index (χ1) is 17.1. The van der Waals surface area contributed by atoms with Crippen molar-refractivity contribution in [2.45, 2.75) is 51.9 Å². The Hall–Kier alpha value is -3.08. The van der Waals surface area contributed by atoms with E-state index in [1.165, 1.54) is 16.6 Å². The second kappa shape index (κ2) is 10.9. The summed E-state index contributed by atoms with van der Waals surface area (Å²) < 4.78 is 0. The molecule has 4 rings (SSSR count). The zero-order valence-corrected chi connectivity index (χ0v) is 22.7. The minimum Gasteiger partial charge on any atom is -0.322 e. The summed E-state index contributed by atoms with van der Waals surface area (Å²) in [5, 5.41) is 16.3. The highest BCUT2D eigenvalue weighted by atomic mass is 32.2. The van der Waals surface area contributed by atoms with E-state index in [1.807, 2.05) is 43.3 Å². The summed E-state index contributed by atoms with van der Waals surface area (Å²) in [6, 6.07) is 17.2. The lowest BCUT2D eigenvalue weighted by atomic mass is 9.72. The van der Waals surface area contributed by atoms with Crippen molar-refractivity contribution in [2.75, 3.05) is 16.4 Å². The monoisotopic (exact) mass is 517 g/mol. The number of anilines is 2. The molecule has 3 aromatic rings. The predicted octanol–water partition coefficient (Wildman–Crippen LogP) is 7.06. The Kier molecular flexibility index (Phi) is 7.87. The lowest BCUT2D eigenvalue weighted by molar-refractivity contribution is -0.113. The fourth-order valence-corrected chi connectivity index (χ4v) is 6.46. The van der Waals surface area contributed by atoms with Crippen LogP contribution in [0.3, 0.4) is 0 Å². The molecule has 5 nitrogen and oxygen atoms in total. The average molecular weight is 518 g/mol. The van der Waals surface area contributed by atoms with E-state index in [0.717, 1.165) is 35.3 Å². The Morgan fingerprint density at radius 2 is 1.89 bits per heavy atom. The Labute approximate surface area is 221 Å². The maximum absolute atomic E-state index is 12.8. The van der Waals surface area contributed by atoms with Gasteiger partial charge in [0, 0.05) is 21.0 Å².